The summed E-state index contributed by atoms with van der Waals surface area (Å²) in [6, 6.07) is 41.1. The molecule has 10 rings (SSSR count). The Balaban J connectivity index is 0.000000198. The monoisotopic (exact) mass is 1100 g/mol. The lowest BCUT2D eigenvalue weighted by atomic mass is 9.12. The average molecular weight is 1100 g/mol. The molecule has 1 heterocycles. The van der Waals surface area contributed by atoms with Crippen molar-refractivity contribution in [2.24, 2.45) is 0 Å². The molecule has 0 aliphatic carbocycles. The smallest absolute Gasteiger partial charge is 0.258 e. The van der Waals surface area contributed by atoms with E-state index in [2.05, 4.69) is 65.2 Å². The van der Waals surface area contributed by atoms with Crippen LogP contribution in [0.25, 0.3) is 32.4 Å². The molecule has 0 atom stereocenters. The van der Waals surface area contributed by atoms with Crippen molar-refractivity contribution < 1.29 is 97.2 Å². The van der Waals surface area contributed by atoms with Crippen molar-refractivity contribution in [3.05, 3.63) is 254 Å². The van der Waals surface area contributed by atoms with E-state index in [-0.39, 0.29) is 5.78 Å². The molecule has 0 aliphatic heterocycles. The van der Waals surface area contributed by atoms with Gasteiger partial charge in [-0.05, 0) is 39.7 Å². The number of rotatable bonds is 8. The number of halogens is 20. The Bertz CT molecular complexity index is 3720. The van der Waals surface area contributed by atoms with Crippen molar-refractivity contribution in [1.82, 2.24) is 0 Å². The normalized spacial score (nSPS) is 11.7. The van der Waals surface area contributed by atoms with Gasteiger partial charge in [-0.1, -0.05) is 91.0 Å². The van der Waals surface area contributed by atoms with Crippen LogP contribution in [0, 0.1) is 116 Å². The van der Waals surface area contributed by atoms with Gasteiger partial charge in [-0.3, -0.25) is 4.79 Å². The largest absolute Gasteiger partial charge is 0.282 e. The third kappa shape index (κ3) is 8.24. The van der Waals surface area contributed by atoms with Gasteiger partial charge in [-0.15, -0.1) is 21.9 Å². The lowest BCUT2D eigenvalue weighted by Gasteiger charge is -2.44. The average Bonchev–Trinajstić information content (AvgIpc) is 3.63. The number of hydrogen-bond donors (Lipinski definition) is 0. The summed E-state index contributed by atoms with van der Waals surface area (Å²) in [5, 5.41) is 5.25. The molecule has 0 radical (unpaired) electrons. The maximum Gasteiger partial charge on any atom is 0.258 e. The Morgan fingerprint density at radius 3 is 0.974 bits per heavy atom. The maximum atomic E-state index is 15.4. The number of benzene rings is 9. The molecule has 2 nitrogen and oxygen atoms in total. The molecule has 0 fully saturated rings. The molecule has 10 aromatic rings. The summed E-state index contributed by atoms with van der Waals surface area (Å²) in [5.41, 5.74) is -10.7. The van der Waals surface area contributed by atoms with Gasteiger partial charge in [0.15, 0.2) is 76.4 Å². The Kier molecular flexibility index (Phi) is 14.1. The molecule has 396 valence electrons. The zero-order valence-corrected chi connectivity index (χ0v) is 38.2. The van der Waals surface area contributed by atoms with Gasteiger partial charge >= 0.3 is 0 Å². The van der Waals surface area contributed by atoms with Gasteiger partial charge in [0.25, 0.3) is 11.5 Å². The highest BCUT2D eigenvalue weighted by molar-refractivity contribution is 7.20. The zero-order chi connectivity index (χ0) is 56.6. The molecule has 9 aromatic carbocycles. The third-order valence-electron chi connectivity index (χ3n) is 13.1. The number of carbonyl (C=O) groups excluding carboxylic acids is 1. The number of hydrogen-bond acceptors (Lipinski definition) is 1. The second kappa shape index (κ2) is 20.3. The molecule has 0 spiro atoms. The highest BCUT2D eigenvalue weighted by Crippen LogP contribution is 2.33. The topological polar surface area (TPSA) is 20.9 Å². The minimum atomic E-state index is -7.22. The van der Waals surface area contributed by atoms with E-state index in [1.165, 1.54) is 0 Å². The van der Waals surface area contributed by atoms with Crippen molar-refractivity contribution in [1.29, 1.82) is 0 Å². The van der Waals surface area contributed by atoms with E-state index >= 15 is 35.1 Å². The fourth-order valence-electron chi connectivity index (χ4n) is 9.66. The Hall–Kier alpha value is -8.76. The van der Waals surface area contributed by atoms with Crippen LogP contribution in [-0.4, -0.2) is 11.9 Å². The molecular weight excluding hydrogens is 1080 g/mol. The molecule has 0 unspecified atom stereocenters. The molecular formula is C55H22BF20NO. The molecule has 0 aliphatic rings. The predicted octanol–water partition coefficient (Wildman–Crippen LogP) is 12.6. The number of pyridine rings is 1. The van der Waals surface area contributed by atoms with Gasteiger partial charge in [0.2, 0.25) is 5.52 Å². The molecule has 23 heteroatoms. The van der Waals surface area contributed by atoms with E-state index < -0.39 is 144 Å². The molecule has 0 N–H and O–H groups in total. The minimum absolute atomic E-state index is 0.0460. The van der Waals surface area contributed by atoms with Crippen LogP contribution < -0.4 is 26.4 Å². The van der Waals surface area contributed by atoms with E-state index in [1.54, 1.807) is 0 Å². The molecule has 0 saturated carbocycles. The molecule has 0 amide bonds. The molecule has 1 aromatic heterocycles. The summed E-state index contributed by atoms with van der Waals surface area (Å²) in [5.74, 6) is -71.4. The van der Waals surface area contributed by atoms with Crippen LogP contribution in [-0.2, 0) is 6.54 Å². The summed E-state index contributed by atoms with van der Waals surface area (Å²) in [6.45, 7) is 0.631. The Morgan fingerprint density at radius 1 is 0.321 bits per heavy atom. The van der Waals surface area contributed by atoms with Crippen LogP contribution in [0.15, 0.2) is 121 Å². The van der Waals surface area contributed by atoms with Crippen molar-refractivity contribution in [3.8, 4) is 0 Å². The van der Waals surface area contributed by atoms with Gasteiger partial charge in [0.1, 0.15) is 52.7 Å². The standard InChI is InChI=1S/C31H22NO.C24BF20/c33-31(30-26-15-7-4-13-24(26)20-25-14-5-8-16-27(25)30)29-19-18-23-12-6-9-17-28(23)32(29)21-22-10-2-1-3-11-22;26-5-1(6(27)14(35)21(42)13(5)34)25(2-7(28)15(36)22(43)16(37)8(2)29,3-9(30)17(38)23(44)18(39)10(3)31)4-11(32)19(40)24(45)20(41)12(4)33/h1-20H,21H2;/q+1;-1. The lowest BCUT2D eigenvalue weighted by molar-refractivity contribution is -0.664. The summed E-state index contributed by atoms with van der Waals surface area (Å²) in [6.07, 6.45) is -7.22. The maximum absolute atomic E-state index is 15.4. The number of aromatic nitrogens is 1. The number of nitrogens with zero attached hydrogens (tertiary/aromatic N) is 1. The minimum Gasteiger partial charge on any atom is -0.282 e. The molecule has 0 saturated heterocycles. The number of carbonyl (C=O) groups is 1. The first kappa shape index (κ1) is 54.0. The van der Waals surface area contributed by atoms with Gasteiger partial charge < -0.3 is 0 Å². The fourth-order valence-corrected chi connectivity index (χ4v) is 9.66. The second-order valence-corrected chi connectivity index (χ2v) is 17.2. The van der Waals surface area contributed by atoms with Crippen LogP contribution in [0.3, 0.4) is 0 Å². The van der Waals surface area contributed by atoms with Crippen LogP contribution in [0.5, 0.6) is 0 Å². The number of fused-ring (bicyclic) bond motifs is 3. The van der Waals surface area contributed by atoms with Crippen molar-refractivity contribution in [2.45, 2.75) is 6.54 Å². The summed E-state index contributed by atoms with van der Waals surface area (Å²) in [7, 11) is 0. The summed E-state index contributed by atoms with van der Waals surface area (Å²) < 4.78 is 296. The van der Waals surface area contributed by atoms with Crippen LogP contribution in [0.2, 0.25) is 0 Å². The first-order valence-electron chi connectivity index (χ1n) is 22.1. The van der Waals surface area contributed by atoms with Crippen molar-refractivity contribution in [3.63, 3.8) is 0 Å². The first-order valence-corrected chi connectivity index (χ1v) is 22.1. The van der Waals surface area contributed by atoms with Gasteiger partial charge in [0.05, 0.1) is 0 Å². The highest BCUT2D eigenvalue weighted by atomic mass is 19.2. The quantitative estimate of drug-likeness (QED) is 0.0283. The van der Waals surface area contributed by atoms with E-state index in [0.717, 1.165) is 43.6 Å². The Labute approximate surface area is 423 Å². The number of para-hydroxylation sites is 1. The van der Waals surface area contributed by atoms with Gasteiger partial charge in [-0.25, -0.2) is 87.8 Å². The predicted molar refractivity (Wildman–Crippen MR) is 244 cm³/mol. The summed E-state index contributed by atoms with van der Waals surface area (Å²) in [4.78, 5) is 14.3. The molecule has 0 bridgehead atoms. The Morgan fingerprint density at radius 2 is 0.615 bits per heavy atom. The summed E-state index contributed by atoms with van der Waals surface area (Å²) >= 11 is 0. The van der Waals surface area contributed by atoms with Gasteiger partial charge in [0, 0.05) is 28.6 Å². The number of ketones is 1. The van der Waals surface area contributed by atoms with Crippen LogP contribution >= 0.6 is 0 Å². The van der Waals surface area contributed by atoms with E-state index in [1.807, 2.05) is 60.7 Å². The first-order chi connectivity index (χ1) is 37.0. The van der Waals surface area contributed by atoms with Crippen LogP contribution in [0.1, 0.15) is 21.6 Å². The second-order valence-electron chi connectivity index (χ2n) is 17.2. The molecule has 78 heavy (non-hydrogen) atoms. The zero-order valence-electron chi connectivity index (χ0n) is 38.2. The lowest BCUT2D eigenvalue weighted by Crippen LogP contribution is -2.81. The van der Waals surface area contributed by atoms with Crippen LogP contribution in [0.4, 0.5) is 87.8 Å². The van der Waals surface area contributed by atoms with E-state index in [0.29, 0.717) is 12.2 Å². The fraction of sp³-hybridized carbons (Fsp3) is 0.0182. The van der Waals surface area contributed by atoms with Crippen molar-refractivity contribution in [2.75, 3.05) is 0 Å². The van der Waals surface area contributed by atoms with Gasteiger partial charge in [-0.2, -0.15) is 4.57 Å². The SMILES string of the molecule is Fc1c(F)c(F)c([B-](c2c(F)c(F)c(F)c(F)c2F)(c2c(F)c(F)c(F)c(F)c2F)c2c(F)c(F)c(F)c(F)c2F)c(F)c1F.O=C(c1c2ccccc2cc2ccccc12)c1ccc2ccccc2[n+]1Cc1ccccc1. The highest BCUT2D eigenvalue weighted by Gasteiger charge is 2.52. The third-order valence-corrected chi connectivity index (χ3v) is 13.1. The van der Waals surface area contributed by atoms with E-state index in [9.17, 15) is 57.5 Å². The van der Waals surface area contributed by atoms with E-state index in [4.69, 9.17) is 0 Å². The van der Waals surface area contributed by atoms with Crippen molar-refractivity contribution >= 4 is 66.2 Å².